The van der Waals surface area contributed by atoms with Gasteiger partial charge in [0, 0.05) is 6.54 Å². The van der Waals surface area contributed by atoms with E-state index < -0.39 is 31.1 Å². The van der Waals surface area contributed by atoms with E-state index in [-0.39, 0.29) is 16.2 Å². The molecule has 9 heteroatoms. The van der Waals surface area contributed by atoms with E-state index in [0.717, 1.165) is 0 Å². The lowest BCUT2D eigenvalue weighted by Gasteiger charge is -2.22. The maximum absolute atomic E-state index is 12.5. The minimum Gasteiger partial charge on any atom is -0.493 e. The molecule has 0 fully saturated rings. The number of hydrogen-bond donors (Lipinski definition) is 1. The van der Waals surface area contributed by atoms with Crippen LogP contribution in [0.2, 0.25) is 0 Å². The molecular formula is C13H14F3NO5. The maximum atomic E-state index is 12.5. The number of alkyl halides is 3. The number of carboxylic acids is 1. The standard InChI is InChI=1S/C13H14F3NO5/c1-21-9-4-3-8(5-10(9)22-2)6-17(7-11(18)19)12(20)13(14,15)16/h3-5H,6-7H2,1-2H3,(H,18,19). The number of nitrogens with zero attached hydrogens (tertiary/aromatic N) is 1. The van der Waals surface area contributed by atoms with E-state index in [1.54, 1.807) is 0 Å². The second kappa shape index (κ2) is 7.01. The highest BCUT2D eigenvalue weighted by molar-refractivity contribution is 5.85. The van der Waals surface area contributed by atoms with Crippen LogP contribution in [0.5, 0.6) is 11.5 Å². The normalized spacial score (nSPS) is 11.0. The smallest absolute Gasteiger partial charge is 0.471 e. The number of carboxylic acid groups (broad SMARTS) is 1. The van der Waals surface area contributed by atoms with Gasteiger partial charge in [0.2, 0.25) is 0 Å². The summed E-state index contributed by atoms with van der Waals surface area (Å²) < 4.78 is 47.4. The molecule has 1 N–H and O–H groups in total. The quantitative estimate of drug-likeness (QED) is 0.863. The fourth-order valence-electron chi connectivity index (χ4n) is 1.74. The molecule has 1 rings (SSSR count). The highest BCUT2D eigenvalue weighted by atomic mass is 19.4. The monoisotopic (exact) mass is 321 g/mol. The number of benzene rings is 1. The Kier molecular flexibility index (Phi) is 5.61. The first-order chi connectivity index (χ1) is 10.2. The SMILES string of the molecule is COc1ccc(CN(CC(=O)O)C(=O)C(F)(F)F)cc1OC. The Bertz CT molecular complexity index is 559. The number of amides is 1. The van der Waals surface area contributed by atoms with Crippen LogP contribution in [-0.2, 0) is 16.1 Å². The van der Waals surface area contributed by atoms with Gasteiger partial charge in [-0.3, -0.25) is 9.59 Å². The van der Waals surface area contributed by atoms with Gasteiger partial charge in [0.25, 0.3) is 0 Å². The molecule has 0 atom stereocenters. The lowest BCUT2D eigenvalue weighted by Crippen LogP contribution is -2.43. The summed E-state index contributed by atoms with van der Waals surface area (Å²) in [6.07, 6.45) is -5.15. The molecule has 0 spiro atoms. The third-order valence-corrected chi connectivity index (χ3v) is 2.68. The number of aliphatic carboxylic acids is 1. The summed E-state index contributed by atoms with van der Waals surface area (Å²) in [7, 11) is 2.74. The highest BCUT2D eigenvalue weighted by Gasteiger charge is 2.43. The first kappa shape index (κ1) is 17.6. The van der Waals surface area contributed by atoms with Crippen molar-refractivity contribution in [2.45, 2.75) is 12.7 Å². The molecule has 22 heavy (non-hydrogen) atoms. The van der Waals surface area contributed by atoms with Crippen molar-refractivity contribution < 1.29 is 37.3 Å². The molecule has 1 amide bonds. The Morgan fingerprint density at radius 1 is 1.18 bits per heavy atom. The maximum Gasteiger partial charge on any atom is 0.471 e. The third kappa shape index (κ3) is 4.54. The van der Waals surface area contributed by atoms with Crippen LogP contribution in [0.25, 0.3) is 0 Å². The Balaban J connectivity index is 3.04. The second-order valence-electron chi connectivity index (χ2n) is 4.24. The third-order valence-electron chi connectivity index (χ3n) is 2.68. The summed E-state index contributed by atoms with van der Waals surface area (Å²) in [6.45, 7) is -1.59. The van der Waals surface area contributed by atoms with Crippen molar-refractivity contribution in [3.05, 3.63) is 23.8 Å². The van der Waals surface area contributed by atoms with Gasteiger partial charge in [-0.2, -0.15) is 13.2 Å². The molecule has 0 aromatic heterocycles. The number of carbonyl (C=O) groups is 2. The fourth-order valence-corrected chi connectivity index (χ4v) is 1.74. The Morgan fingerprint density at radius 3 is 2.23 bits per heavy atom. The van der Waals surface area contributed by atoms with Gasteiger partial charge in [0.05, 0.1) is 14.2 Å². The van der Waals surface area contributed by atoms with Crippen LogP contribution >= 0.6 is 0 Å². The van der Waals surface area contributed by atoms with Crippen molar-refractivity contribution in [1.82, 2.24) is 4.90 Å². The van der Waals surface area contributed by atoms with Crippen molar-refractivity contribution in [2.24, 2.45) is 0 Å². The van der Waals surface area contributed by atoms with Gasteiger partial charge in [0.15, 0.2) is 11.5 Å². The molecule has 0 bridgehead atoms. The minimum atomic E-state index is -5.15. The van der Waals surface area contributed by atoms with E-state index in [4.69, 9.17) is 14.6 Å². The first-order valence-electron chi connectivity index (χ1n) is 5.97. The van der Waals surface area contributed by atoms with Crippen molar-refractivity contribution in [3.63, 3.8) is 0 Å². The average Bonchev–Trinajstić information content (AvgIpc) is 2.44. The van der Waals surface area contributed by atoms with Gasteiger partial charge < -0.3 is 19.5 Å². The highest BCUT2D eigenvalue weighted by Crippen LogP contribution is 2.28. The molecule has 0 saturated heterocycles. The minimum absolute atomic E-state index is 0.198. The molecule has 0 radical (unpaired) electrons. The second-order valence-corrected chi connectivity index (χ2v) is 4.24. The van der Waals surface area contributed by atoms with Crippen LogP contribution in [0.3, 0.4) is 0 Å². The molecule has 0 heterocycles. The van der Waals surface area contributed by atoms with Gasteiger partial charge in [-0.15, -0.1) is 0 Å². The van der Waals surface area contributed by atoms with Gasteiger partial charge in [-0.25, -0.2) is 0 Å². The van der Waals surface area contributed by atoms with Crippen molar-refractivity contribution in [2.75, 3.05) is 20.8 Å². The van der Waals surface area contributed by atoms with Crippen LogP contribution in [-0.4, -0.2) is 48.8 Å². The Hall–Kier alpha value is -2.45. The molecule has 0 aliphatic heterocycles. The number of halogens is 3. The van der Waals surface area contributed by atoms with Crippen LogP contribution in [0.15, 0.2) is 18.2 Å². The molecule has 6 nitrogen and oxygen atoms in total. The zero-order valence-corrected chi connectivity index (χ0v) is 11.8. The van der Waals surface area contributed by atoms with E-state index in [9.17, 15) is 22.8 Å². The van der Waals surface area contributed by atoms with Crippen molar-refractivity contribution in [1.29, 1.82) is 0 Å². The lowest BCUT2D eigenvalue weighted by atomic mass is 10.2. The molecule has 0 aliphatic rings. The molecule has 122 valence electrons. The zero-order valence-electron chi connectivity index (χ0n) is 11.8. The number of carbonyl (C=O) groups excluding carboxylic acids is 1. The number of hydrogen-bond acceptors (Lipinski definition) is 4. The molecule has 0 aliphatic carbocycles. The Morgan fingerprint density at radius 2 is 1.77 bits per heavy atom. The van der Waals surface area contributed by atoms with Gasteiger partial charge in [0.1, 0.15) is 6.54 Å². The largest absolute Gasteiger partial charge is 0.493 e. The van der Waals surface area contributed by atoms with E-state index in [2.05, 4.69) is 0 Å². The average molecular weight is 321 g/mol. The molecule has 0 saturated carbocycles. The first-order valence-corrected chi connectivity index (χ1v) is 5.97. The Labute approximate surface area is 124 Å². The van der Waals surface area contributed by atoms with Gasteiger partial charge >= 0.3 is 18.1 Å². The van der Waals surface area contributed by atoms with Crippen LogP contribution in [0.4, 0.5) is 13.2 Å². The topological polar surface area (TPSA) is 76.1 Å². The summed E-state index contributed by atoms with van der Waals surface area (Å²) in [5, 5.41) is 8.65. The van der Waals surface area contributed by atoms with E-state index >= 15 is 0 Å². The summed E-state index contributed by atoms with van der Waals surface area (Å²) in [5.41, 5.74) is 0.275. The number of rotatable bonds is 6. The van der Waals surface area contributed by atoms with Crippen molar-refractivity contribution >= 4 is 11.9 Å². The van der Waals surface area contributed by atoms with Gasteiger partial charge in [-0.05, 0) is 17.7 Å². The van der Waals surface area contributed by atoms with E-state index in [0.29, 0.717) is 5.75 Å². The summed E-state index contributed by atoms with van der Waals surface area (Å²) >= 11 is 0. The fraction of sp³-hybridized carbons (Fsp3) is 0.385. The van der Waals surface area contributed by atoms with E-state index in [1.165, 1.54) is 32.4 Å². The molecule has 0 unspecified atom stereocenters. The van der Waals surface area contributed by atoms with Crippen LogP contribution < -0.4 is 9.47 Å². The molecular weight excluding hydrogens is 307 g/mol. The van der Waals surface area contributed by atoms with Crippen molar-refractivity contribution in [3.8, 4) is 11.5 Å². The van der Waals surface area contributed by atoms with Gasteiger partial charge in [-0.1, -0.05) is 6.07 Å². The lowest BCUT2D eigenvalue weighted by molar-refractivity contribution is -0.187. The van der Waals surface area contributed by atoms with Crippen LogP contribution in [0.1, 0.15) is 5.56 Å². The summed E-state index contributed by atoms with van der Waals surface area (Å²) in [5.74, 6) is -3.14. The predicted octanol–water partition coefficient (Wildman–Crippen LogP) is 1.68. The predicted molar refractivity (Wildman–Crippen MR) is 68.7 cm³/mol. The molecule has 1 aromatic carbocycles. The number of ether oxygens (including phenoxy) is 2. The summed E-state index contributed by atoms with van der Waals surface area (Å²) in [4.78, 5) is 22.1. The zero-order chi connectivity index (χ0) is 16.9. The van der Waals surface area contributed by atoms with Crippen LogP contribution in [0, 0.1) is 0 Å². The molecule has 1 aromatic rings. The van der Waals surface area contributed by atoms with E-state index in [1.807, 2.05) is 0 Å². The summed E-state index contributed by atoms with van der Waals surface area (Å²) in [6, 6.07) is 4.24. The number of methoxy groups -OCH3 is 2.